The summed E-state index contributed by atoms with van der Waals surface area (Å²) in [5, 5.41) is 3.44. The van der Waals surface area contributed by atoms with Gasteiger partial charge in [0, 0.05) is 36.5 Å². The Morgan fingerprint density at radius 2 is 2.13 bits per heavy atom. The first-order chi connectivity index (χ1) is 15.0. The number of methoxy groups -OCH3 is 1. The van der Waals surface area contributed by atoms with Gasteiger partial charge in [-0.3, -0.25) is 4.98 Å². The van der Waals surface area contributed by atoms with Crippen molar-refractivity contribution in [3.8, 4) is 0 Å². The van der Waals surface area contributed by atoms with Crippen LogP contribution < -0.4 is 11.1 Å². The molecule has 0 saturated carbocycles. The van der Waals surface area contributed by atoms with Crippen LogP contribution >= 0.6 is 0 Å². The summed E-state index contributed by atoms with van der Waals surface area (Å²) >= 11 is 0. The van der Waals surface area contributed by atoms with Crippen LogP contribution in [0.3, 0.4) is 0 Å². The molecule has 162 valence electrons. The number of benzene rings is 1. The van der Waals surface area contributed by atoms with Crippen LogP contribution in [0, 0.1) is 12.7 Å². The molecule has 5 nitrogen and oxygen atoms in total. The molecule has 6 heteroatoms. The molecule has 0 radical (unpaired) electrons. The van der Waals surface area contributed by atoms with Crippen LogP contribution in [0.2, 0.25) is 0 Å². The Balaban J connectivity index is 2.08. The van der Waals surface area contributed by atoms with E-state index in [1.54, 1.807) is 25.6 Å². The first-order valence-electron chi connectivity index (χ1n) is 10.5. The summed E-state index contributed by atoms with van der Waals surface area (Å²) in [4.78, 5) is 8.84. The van der Waals surface area contributed by atoms with Crippen molar-refractivity contribution in [1.82, 2.24) is 10.3 Å². The molecule has 1 aliphatic carbocycles. The van der Waals surface area contributed by atoms with E-state index in [4.69, 9.17) is 15.5 Å². The fourth-order valence-electron chi connectivity index (χ4n) is 3.39. The van der Waals surface area contributed by atoms with Crippen molar-refractivity contribution in [2.75, 3.05) is 13.7 Å². The van der Waals surface area contributed by atoms with Crippen molar-refractivity contribution in [3.63, 3.8) is 0 Å². The van der Waals surface area contributed by atoms with E-state index in [-0.39, 0.29) is 5.82 Å². The molecule has 0 bridgehead atoms. The van der Waals surface area contributed by atoms with Gasteiger partial charge in [-0.1, -0.05) is 19.4 Å². The van der Waals surface area contributed by atoms with Gasteiger partial charge in [-0.15, -0.1) is 0 Å². The Bertz CT molecular complexity index is 1040. The van der Waals surface area contributed by atoms with Gasteiger partial charge in [0.15, 0.2) is 0 Å². The number of nitrogens with two attached hydrogens (primary N) is 1. The highest BCUT2D eigenvalue weighted by atomic mass is 19.1. The molecule has 2 aromatic rings. The fourth-order valence-corrected chi connectivity index (χ4v) is 3.39. The van der Waals surface area contributed by atoms with Gasteiger partial charge in [0.25, 0.3) is 0 Å². The van der Waals surface area contributed by atoms with E-state index < -0.39 is 0 Å². The van der Waals surface area contributed by atoms with Crippen molar-refractivity contribution in [3.05, 3.63) is 94.5 Å². The molecular weight excluding hydrogens is 391 g/mol. The third-order valence-electron chi connectivity index (χ3n) is 5.09. The lowest BCUT2D eigenvalue weighted by Crippen LogP contribution is -2.21. The number of pyridine rings is 1. The van der Waals surface area contributed by atoms with Gasteiger partial charge in [0.2, 0.25) is 0 Å². The zero-order valence-electron chi connectivity index (χ0n) is 18.3. The van der Waals surface area contributed by atoms with Crippen molar-refractivity contribution in [2.45, 2.75) is 33.1 Å². The van der Waals surface area contributed by atoms with Gasteiger partial charge in [-0.2, -0.15) is 0 Å². The van der Waals surface area contributed by atoms with Crippen LogP contribution in [0.15, 0.2) is 77.0 Å². The van der Waals surface area contributed by atoms with Gasteiger partial charge < -0.3 is 15.8 Å². The molecule has 0 fully saturated rings. The average Bonchev–Trinajstić information content (AvgIpc) is 2.78. The maximum absolute atomic E-state index is 13.6. The van der Waals surface area contributed by atoms with E-state index in [1.165, 1.54) is 12.1 Å². The molecule has 0 unspecified atom stereocenters. The number of amidine groups is 1. The zero-order valence-corrected chi connectivity index (χ0v) is 18.3. The van der Waals surface area contributed by atoms with Gasteiger partial charge in [-0.05, 0) is 66.5 Å². The summed E-state index contributed by atoms with van der Waals surface area (Å²) in [6.45, 7) is 4.82. The second-order valence-electron chi connectivity index (χ2n) is 7.44. The smallest absolute Gasteiger partial charge is 0.134 e. The lowest BCUT2D eigenvalue weighted by Gasteiger charge is -2.20. The SMILES string of the molecule is CCCCNC(/N=C(\N)c1cccnc1)=C1\C=C(c2ccc(F)cc2C)C=C(OC)C1. The first kappa shape index (κ1) is 22.3. The number of aromatic nitrogens is 1. The molecule has 0 atom stereocenters. The van der Waals surface area contributed by atoms with Crippen molar-refractivity contribution < 1.29 is 9.13 Å². The van der Waals surface area contributed by atoms with E-state index in [2.05, 4.69) is 23.3 Å². The van der Waals surface area contributed by atoms with E-state index in [1.807, 2.05) is 25.1 Å². The number of ether oxygens (including phenoxy) is 1. The van der Waals surface area contributed by atoms with E-state index in [0.717, 1.165) is 53.0 Å². The molecule has 3 rings (SSSR count). The average molecular weight is 421 g/mol. The quantitative estimate of drug-likeness (QED) is 0.364. The molecule has 1 aromatic carbocycles. The highest BCUT2D eigenvalue weighted by Crippen LogP contribution is 2.32. The van der Waals surface area contributed by atoms with Crippen LogP contribution in [0.25, 0.3) is 5.57 Å². The minimum absolute atomic E-state index is 0.250. The molecule has 1 aliphatic rings. The number of nitrogens with one attached hydrogen (secondary N) is 1. The van der Waals surface area contributed by atoms with E-state index in [9.17, 15) is 4.39 Å². The predicted octanol–water partition coefficient (Wildman–Crippen LogP) is 4.85. The topological polar surface area (TPSA) is 72.5 Å². The highest BCUT2D eigenvalue weighted by Gasteiger charge is 2.17. The third-order valence-corrected chi connectivity index (χ3v) is 5.09. The maximum atomic E-state index is 13.6. The summed E-state index contributed by atoms with van der Waals surface area (Å²) in [5.41, 5.74) is 10.8. The van der Waals surface area contributed by atoms with Crippen LogP contribution in [0.4, 0.5) is 4.39 Å². The molecule has 0 amide bonds. The molecule has 3 N–H and O–H groups in total. The van der Waals surface area contributed by atoms with Crippen LogP contribution in [-0.2, 0) is 4.74 Å². The van der Waals surface area contributed by atoms with Gasteiger partial charge in [0.05, 0.1) is 7.11 Å². The number of unbranched alkanes of at least 4 members (excludes halogenated alkanes) is 1. The summed E-state index contributed by atoms with van der Waals surface area (Å²) in [6, 6.07) is 8.51. The second kappa shape index (κ2) is 10.6. The third kappa shape index (κ3) is 5.81. The fraction of sp³-hybridized carbons (Fsp3) is 0.280. The van der Waals surface area contributed by atoms with Crippen LogP contribution in [-0.4, -0.2) is 24.5 Å². The number of aliphatic imine (C=N–C) groups is 1. The lowest BCUT2D eigenvalue weighted by molar-refractivity contribution is 0.283. The zero-order chi connectivity index (χ0) is 22.2. The monoisotopic (exact) mass is 420 g/mol. The Morgan fingerprint density at radius 3 is 2.81 bits per heavy atom. The van der Waals surface area contributed by atoms with Gasteiger partial charge in [0.1, 0.15) is 23.2 Å². The number of hydrogen-bond donors (Lipinski definition) is 2. The van der Waals surface area contributed by atoms with Gasteiger partial charge >= 0.3 is 0 Å². The maximum Gasteiger partial charge on any atom is 0.134 e. The normalized spacial score (nSPS) is 15.8. The largest absolute Gasteiger partial charge is 0.501 e. The molecular formula is C25H29FN4O. The second-order valence-corrected chi connectivity index (χ2v) is 7.44. The summed E-state index contributed by atoms with van der Waals surface area (Å²) < 4.78 is 19.2. The summed E-state index contributed by atoms with van der Waals surface area (Å²) in [6.07, 6.45) is 10.1. The molecule has 0 spiro atoms. The highest BCUT2D eigenvalue weighted by molar-refractivity contribution is 5.97. The molecule has 0 saturated heterocycles. The number of allylic oxidation sites excluding steroid dienone is 4. The minimum atomic E-state index is -0.250. The first-order valence-corrected chi connectivity index (χ1v) is 10.5. The van der Waals surface area contributed by atoms with Crippen LogP contribution in [0.1, 0.15) is 42.9 Å². The molecule has 0 aliphatic heterocycles. The Labute approximate surface area is 183 Å². The Kier molecular flexibility index (Phi) is 7.60. The summed E-state index contributed by atoms with van der Waals surface area (Å²) in [7, 11) is 1.65. The lowest BCUT2D eigenvalue weighted by atomic mass is 9.92. The van der Waals surface area contributed by atoms with E-state index in [0.29, 0.717) is 18.1 Å². The Hall–Kier alpha value is -3.41. The van der Waals surface area contributed by atoms with Crippen molar-refractivity contribution in [1.29, 1.82) is 0 Å². The van der Waals surface area contributed by atoms with Crippen LogP contribution in [0.5, 0.6) is 0 Å². The summed E-state index contributed by atoms with van der Waals surface area (Å²) in [5.74, 6) is 1.65. The van der Waals surface area contributed by atoms with Crippen molar-refractivity contribution >= 4 is 11.4 Å². The number of halogens is 1. The number of hydrogen-bond acceptors (Lipinski definition) is 4. The standard InChI is InChI=1S/C25H29FN4O/c1-4-5-11-29-25(30-24(27)18-7-6-10-28-16-18)20-13-19(14-22(15-20)31-3)23-9-8-21(26)12-17(23)2/h6-10,12-14,16,29H,4-5,11,15H2,1-3H3,(H2,27,30)/b25-20-. The molecule has 1 aromatic heterocycles. The number of rotatable bonds is 8. The minimum Gasteiger partial charge on any atom is -0.501 e. The Morgan fingerprint density at radius 1 is 1.29 bits per heavy atom. The van der Waals surface area contributed by atoms with E-state index >= 15 is 0 Å². The molecule has 31 heavy (non-hydrogen) atoms. The van der Waals surface area contributed by atoms with Crippen molar-refractivity contribution in [2.24, 2.45) is 10.7 Å². The number of aryl methyl sites for hydroxylation is 1. The molecule has 1 heterocycles. The number of nitrogens with zero attached hydrogens (tertiary/aromatic N) is 2. The predicted molar refractivity (Wildman–Crippen MR) is 124 cm³/mol. The van der Waals surface area contributed by atoms with Gasteiger partial charge in [-0.25, -0.2) is 9.38 Å².